The van der Waals surface area contributed by atoms with Crippen molar-refractivity contribution < 1.29 is 19.0 Å². The van der Waals surface area contributed by atoms with Crippen molar-refractivity contribution >= 4 is 50.9 Å². The molecule has 0 saturated heterocycles. The van der Waals surface area contributed by atoms with E-state index in [1.165, 1.54) is 18.4 Å². The third-order valence-electron chi connectivity index (χ3n) is 6.47. The minimum absolute atomic E-state index is 0.256. The van der Waals surface area contributed by atoms with Crippen LogP contribution in [0.15, 0.2) is 92.3 Å². The van der Waals surface area contributed by atoms with Gasteiger partial charge in [-0.3, -0.25) is 9.36 Å². The molecule has 2 heterocycles. The standard InChI is InChI=1S/C31H26BrClN2O5S/c1-4-39-24-15-20(14-23(32)28(24)40-17-19-10-12-22(33)13-11-19)16-25-29(36)35-27(21-8-6-5-7-9-21)26(30(37)38-3)18(2)34-31(35)41-25/h5-16,27H,4,17H2,1-3H3. The highest BCUT2D eigenvalue weighted by atomic mass is 79.9. The van der Waals surface area contributed by atoms with Gasteiger partial charge < -0.3 is 14.2 Å². The fourth-order valence-electron chi connectivity index (χ4n) is 4.61. The highest BCUT2D eigenvalue weighted by molar-refractivity contribution is 9.10. The third-order valence-corrected chi connectivity index (χ3v) is 8.29. The average Bonchev–Trinajstić information content (AvgIpc) is 3.26. The summed E-state index contributed by atoms with van der Waals surface area (Å²) in [4.78, 5) is 31.8. The number of esters is 1. The zero-order valence-electron chi connectivity index (χ0n) is 22.5. The van der Waals surface area contributed by atoms with Gasteiger partial charge in [-0.25, -0.2) is 9.79 Å². The fraction of sp³-hybridized carbons (Fsp3) is 0.194. The van der Waals surface area contributed by atoms with Gasteiger partial charge >= 0.3 is 5.97 Å². The van der Waals surface area contributed by atoms with Gasteiger partial charge in [-0.15, -0.1) is 0 Å². The Morgan fingerprint density at radius 3 is 2.54 bits per heavy atom. The van der Waals surface area contributed by atoms with Crippen LogP contribution in [0.3, 0.4) is 0 Å². The number of methoxy groups -OCH3 is 1. The second-order valence-electron chi connectivity index (χ2n) is 9.16. The minimum Gasteiger partial charge on any atom is -0.490 e. The lowest BCUT2D eigenvalue weighted by Crippen LogP contribution is -2.39. The van der Waals surface area contributed by atoms with Crippen LogP contribution >= 0.6 is 38.9 Å². The zero-order chi connectivity index (χ0) is 29.1. The second-order valence-corrected chi connectivity index (χ2v) is 11.5. The monoisotopic (exact) mass is 652 g/mol. The summed E-state index contributed by atoms with van der Waals surface area (Å²) in [6.07, 6.45) is 1.79. The van der Waals surface area contributed by atoms with Crippen LogP contribution in [0.2, 0.25) is 5.02 Å². The molecule has 210 valence electrons. The van der Waals surface area contributed by atoms with Crippen LogP contribution in [0.1, 0.15) is 36.6 Å². The molecule has 10 heteroatoms. The molecule has 1 unspecified atom stereocenters. The summed E-state index contributed by atoms with van der Waals surface area (Å²) in [7, 11) is 1.33. The molecular weight excluding hydrogens is 628 g/mol. The predicted molar refractivity (Wildman–Crippen MR) is 163 cm³/mol. The number of fused-ring (bicyclic) bond motifs is 1. The van der Waals surface area contributed by atoms with Crippen molar-refractivity contribution in [3.05, 3.63) is 124 Å². The van der Waals surface area contributed by atoms with Crippen LogP contribution in [-0.2, 0) is 16.1 Å². The van der Waals surface area contributed by atoms with Gasteiger partial charge in [0.1, 0.15) is 6.61 Å². The van der Waals surface area contributed by atoms with Gasteiger partial charge in [0.25, 0.3) is 5.56 Å². The molecule has 5 rings (SSSR count). The smallest absolute Gasteiger partial charge is 0.338 e. The van der Waals surface area contributed by atoms with Crippen LogP contribution in [0.25, 0.3) is 6.08 Å². The lowest BCUT2D eigenvalue weighted by atomic mass is 9.96. The quantitative estimate of drug-likeness (QED) is 0.225. The molecule has 0 amide bonds. The van der Waals surface area contributed by atoms with Crippen molar-refractivity contribution in [3.8, 4) is 11.5 Å². The SMILES string of the molecule is CCOc1cc(C=c2sc3n(c2=O)C(c2ccccc2)C(C(=O)OC)=C(C)N=3)cc(Br)c1OCc1ccc(Cl)cc1. The zero-order valence-corrected chi connectivity index (χ0v) is 25.7. The number of rotatable bonds is 8. The van der Waals surface area contributed by atoms with Crippen molar-refractivity contribution in [2.24, 2.45) is 4.99 Å². The number of benzene rings is 3. The van der Waals surface area contributed by atoms with Crippen molar-refractivity contribution in [2.45, 2.75) is 26.5 Å². The number of thiazole rings is 1. The molecular formula is C31H26BrClN2O5S. The molecule has 1 aromatic heterocycles. The molecule has 41 heavy (non-hydrogen) atoms. The van der Waals surface area contributed by atoms with Crippen LogP contribution in [0, 0.1) is 0 Å². The first-order valence-electron chi connectivity index (χ1n) is 12.8. The Kier molecular flexibility index (Phi) is 8.77. The average molecular weight is 654 g/mol. The van der Waals surface area contributed by atoms with Crippen LogP contribution in [-0.4, -0.2) is 24.3 Å². The van der Waals surface area contributed by atoms with E-state index in [-0.39, 0.29) is 5.56 Å². The molecule has 1 atom stereocenters. The topological polar surface area (TPSA) is 79.1 Å². The summed E-state index contributed by atoms with van der Waals surface area (Å²) >= 11 is 10.9. The van der Waals surface area contributed by atoms with Gasteiger partial charge in [0, 0.05) is 5.02 Å². The minimum atomic E-state index is -0.656. The molecule has 1 aliphatic rings. The summed E-state index contributed by atoms with van der Waals surface area (Å²) in [5.74, 6) is 0.581. The third kappa shape index (κ3) is 6.02. The first-order chi connectivity index (χ1) is 19.8. The van der Waals surface area contributed by atoms with Crippen LogP contribution in [0.4, 0.5) is 0 Å². The summed E-state index contributed by atoms with van der Waals surface area (Å²) in [5, 5.41) is 0.659. The van der Waals surface area contributed by atoms with Gasteiger partial charge in [-0.05, 0) is 76.8 Å². The van der Waals surface area contributed by atoms with Crippen molar-refractivity contribution in [1.29, 1.82) is 0 Å². The Morgan fingerprint density at radius 2 is 1.85 bits per heavy atom. The van der Waals surface area contributed by atoms with E-state index in [1.807, 2.05) is 73.7 Å². The van der Waals surface area contributed by atoms with Gasteiger partial charge in [0.15, 0.2) is 16.3 Å². The Hall–Kier alpha value is -3.66. The van der Waals surface area contributed by atoms with Gasteiger partial charge in [0.05, 0.1) is 40.0 Å². The van der Waals surface area contributed by atoms with Crippen LogP contribution in [0.5, 0.6) is 11.5 Å². The Bertz CT molecular complexity index is 1810. The van der Waals surface area contributed by atoms with Gasteiger partial charge in [-0.2, -0.15) is 0 Å². The van der Waals surface area contributed by atoms with E-state index < -0.39 is 12.0 Å². The maximum absolute atomic E-state index is 13.8. The van der Waals surface area contributed by atoms with Crippen molar-refractivity contribution in [2.75, 3.05) is 13.7 Å². The molecule has 0 spiro atoms. The Labute approximate surface area is 254 Å². The molecule has 3 aromatic carbocycles. The fourth-order valence-corrected chi connectivity index (χ4v) is 6.35. The largest absolute Gasteiger partial charge is 0.490 e. The van der Waals surface area contributed by atoms with Crippen molar-refractivity contribution in [3.63, 3.8) is 0 Å². The molecule has 0 N–H and O–H groups in total. The molecule has 7 nitrogen and oxygen atoms in total. The van der Waals surface area contributed by atoms with E-state index in [9.17, 15) is 9.59 Å². The number of halogens is 2. The van der Waals surface area contributed by atoms with Crippen LogP contribution < -0.4 is 24.4 Å². The van der Waals surface area contributed by atoms with E-state index in [0.717, 1.165) is 16.7 Å². The number of allylic oxidation sites excluding steroid dienone is 1. The number of ether oxygens (including phenoxy) is 3. The summed E-state index contributed by atoms with van der Waals surface area (Å²) in [6.45, 7) is 4.41. The van der Waals surface area contributed by atoms with E-state index >= 15 is 0 Å². The lowest BCUT2D eigenvalue weighted by molar-refractivity contribution is -0.136. The van der Waals surface area contributed by atoms with E-state index in [1.54, 1.807) is 17.6 Å². The molecule has 0 radical (unpaired) electrons. The molecule has 1 aliphatic heterocycles. The van der Waals surface area contributed by atoms with E-state index in [0.29, 0.717) is 54.8 Å². The number of aromatic nitrogens is 1. The highest BCUT2D eigenvalue weighted by Gasteiger charge is 2.32. The number of hydrogen-bond acceptors (Lipinski definition) is 7. The maximum Gasteiger partial charge on any atom is 0.338 e. The number of nitrogens with zero attached hydrogens (tertiary/aromatic N) is 2. The van der Waals surface area contributed by atoms with Crippen molar-refractivity contribution in [1.82, 2.24) is 4.57 Å². The van der Waals surface area contributed by atoms with Gasteiger partial charge in [0.2, 0.25) is 0 Å². The molecule has 0 bridgehead atoms. The van der Waals surface area contributed by atoms with E-state index in [2.05, 4.69) is 20.9 Å². The molecule has 0 aliphatic carbocycles. The summed E-state index contributed by atoms with van der Waals surface area (Å²) in [5.41, 5.74) is 3.09. The molecule has 0 fully saturated rings. The first kappa shape index (κ1) is 28.9. The normalized spacial score (nSPS) is 14.9. The Balaban J connectivity index is 1.57. The molecule has 4 aromatic rings. The Morgan fingerprint density at radius 1 is 1.12 bits per heavy atom. The van der Waals surface area contributed by atoms with E-state index in [4.69, 9.17) is 25.8 Å². The number of hydrogen-bond donors (Lipinski definition) is 0. The summed E-state index contributed by atoms with van der Waals surface area (Å²) in [6, 6.07) is 19.9. The predicted octanol–water partition coefficient (Wildman–Crippen LogP) is 5.80. The second kappa shape index (κ2) is 12.5. The highest BCUT2D eigenvalue weighted by Crippen LogP contribution is 2.38. The maximum atomic E-state index is 13.8. The first-order valence-corrected chi connectivity index (χ1v) is 14.8. The summed E-state index contributed by atoms with van der Waals surface area (Å²) < 4.78 is 19.8. The lowest BCUT2D eigenvalue weighted by Gasteiger charge is -2.24. The molecule has 0 saturated carbocycles. The number of carbonyl (C=O) groups excluding carboxylic acids is 1. The number of carbonyl (C=O) groups is 1. The van der Waals surface area contributed by atoms with Gasteiger partial charge in [-0.1, -0.05) is 65.4 Å².